The first kappa shape index (κ1) is 11.6. The second-order valence-electron chi connectivity index (χ2n) is 4.76. The SMILES string of the molecule is CC1=c2nc(-c3ccc(F)cc3)sc2=C(C)CC1. The molecule has 0 aliphatic heterocycles. The highest BCUT2D eigenvalue weighted by Gasteiger charge is 2.11. The zero-order valence-electron chi connectivity index (χ0n) is 10.5. The van der Waals surface area contributed by atoms with E-state index in [1.807, 2.05) is 0 Å². The van der Waals surface area contributed by atoms with Gasteiger partial charge in [0.05, 0.1) is 9.88 Å². The molecule has 0 atom stereocenters. The van der Waals surface area contributed by atoms with E-state index < -0.39 is 0 Å². The number of aromatic nitrogens is 1. The third-order valence-electron chi connectivity index (χ3n) is 3.39. The Labute approximate surface area is 109 Å². The molecule has 0 fully saturated rings. The molecule has 1 nitrogen and oxygen atoms in total. The maximum atomic E-state index is 12.9. The first-order valence-corrected chi connectivity index (χ1v) is 6.89. The van der Waals surface area contributed by atoms with Gasteiger partial charge in [-0.25, -0.2) is 9.37 Å². The van der Waals surface area contributed by atoms with Crippen molar-refractivity contribution in [2.75, 3.05) is 0 Å². The fourth-order valence-corrected chi connectivity index (χ4v) is 3.40. The molecule has 2 aromatic rings. The molecule has 3 heteroatoms. The van der Waals surface area contributed by atoms with Gasteiger partial charge in [-0.05, 0) is 56.5 Å². The summed E-state index contributed by atoms with van der Waals surface area (Å²) in [7, 11) is 0. The van der Waals surface area contributed by atoms with Gasteiger partial charge in [-0.3, -0.25) is 0 Å². The van der Waals surface area contributed by atoms with Gasteiger partial charge in [0, 0.05) is 5.56 Å². The highest BCUT2D eigenvalue weighted by molar-refractivity contribution is 7.13. The van der Waals surface area contributed by atoms with Gasteiger partial charge in [-0.2, -0.15) is 0 Å². The van der Waals surface area contributed by atoms with E-state index in [-0.39, 0.29) is 5.82 Å². The van der Waals surface area contributed by atoms with Crippen LogP contribution < -0.4 is 9.88 Å². The van der Waals surface area contributed by atoms with Crippen molar-refractivity contribution in [3.8, 4) is 10.6 Å². The highest BCUT2D eigenvalue weighted by Crippen LogP contribution is 2.21. The predicted molar refractivity (Wildman–Crippen MR) is 74.2 cm³/mol. The lowest BCUT2D eigenvalue weighted by Gasteiger charge is -2.05. The van der Waals surface area contributed by atoms with Crippen LogP contribution >= 0.6 is 11.3 Å². The zero-order chi connectivity index (χ0) is 12.7. The smallest absolute Gasteiger partial charge is 0.124 e. The Bertz CT molecular complexity index is 670. The minimum Gasteiger partial charge on any atom is -0.236 e. The van der Waals surface area contributed by atoms with Gasteiger partial charge >= 0.3 is 0 Å². The van der Waals surface area contributed by atoms with Crippen LogP contribution in [0.25, 0.3) is 21.7 Å². The number of hydrogen-bond donors (Lipinski definition) is 0. The minimum absolute atomic E-state index is 0.203. The van der Waals surface area contributed by atoms with Crippen LogP contribution in [0.3, 0.4) is 0 Å². The van der Waals surface area contributed by atoms with Crippen molar-refractivity contribution < 1.29 is 4.39 Å². The largest absolute Gasteiger partial charge is 0.236 e. The van der Waals surface area contributed by atoms with E-state index in [0.717, 1.165) is 28.8 Å². The molecule has 1 aliphatic rings. The van der Waals surface area contributed by atoms with E-state index in [2.05, 4.69) is 13.8 Å². The van der Waals surface area contributed by atoms with E-state index in [0.29, 0.717) is 0 Å². The van der Waals surface area contributed by atoms with E-state index in [1.54, 1.807) is 23.5 Å². The summed E-state index contributed by atoms with van der Waals surface area (Å²) in [6, 6.07) is 6.57. The highest BCUT2D eigenvalue weighted by atomic mass is 32.1. The Hall–Kier alpha value is -1.48. The van der Waals surface area contributed by atoms with E-state index in [9.17, 15) is 4.39 Å². The Morgan fingerprint density at radius 1 is 1.06 bits per heavy atom. The average Bonchev–Trinajstić information content (AvgIpc) is 2.81. The maximum absolute atomic E-state index is 12.9. The van der Waals surface area contributed by atoms with Crippen molar-refractivity contribution in [3.63, 3.8) is 0 Å². The molecule has 1 aliphatic carbocycles. The van der Waals surface area contributed by atoms with Gasteiger partial charge in [0.15, 0.2) is 0 Å². The summed E-state index contributed by atoms with van der Waals surface area (Å²) in [5.41, 5.74) is 3.78. The number of rotatable bonds is 1. The summed E-state index contributed by atoms with van der Waals surface area (Å²) >= 11 is 1.71. The molecular weight excluding hydrogens is 245 g/mol. The Morgan fingerprint density at radius 2 is 1.72 bits per heavy atom. The molecule has 1 aromatic heterocycles. The maximum Gasteiger partial charge on any atom is 0.124 e. The minimum atomic E-state index is -0.203. The topological polar surface area (TPSA) is 12.9 Å². The normalized spacial score (nSPS) is 14.8. The van der Waals surface area contributed by atoms with Crippen LogP contribution in [0.1, 0.15) is 26.7 Å². The van der Waals surface area contributed by atoms with Crippen molar-refractivity contribution in [2.24, 2.45) is 0 Å². The Kier molecular flexibility index (Phi) is 2.78. The van der Waals surface area contributed by atoms with Gasteiger partial charge in [-0.15, -0.1) is 11.3 Å². The van der Waals surface area contributed by atoms with Gasteiger partial charge in [0.2, 0.25) is 0 Å². The van der Waals surface area contributed by atoms with Gasteiger partial charge in [0.25, 0.3) is 0 Å². The fraction of sp³-hybridized carbons (Fsp3) is 0.267. The summed E-state index contributed by atoms with van der Waals surface area (Å²) < 4.78 is 14.2. The molecule has 3 rings (SSSR count). The third kappa shape index (κ3) is 1.89. The van der Waals surface area contributed by atoms with Crippen LogP contribution in [0.15, 0.2) is 24.3 Å². The molecule has 1 heterocycles. The van der Waals surface area contributed by atoms with Crippen LogP contribution in [0.2, 0.25) is 0 Å². The summed E-state index contributed by atoms with van der Waals surface area (Å²) in [5.74, 6) is -0.203. The van der Waals surface area contributed by atoms with E-state index >= 15 is 0 Å². The van der Waals surface area contributed by atoms with Crippen LogP contribution in [-0.4, -0.2) is 4.98 Å². The first-order chi connectivity index (χ1) is 8.65. The molecular formula is C15H14FNS. The summed E-state index contributed by atoms with van der Waals surface area (Å²) in [5, 5.41) is 2.13. The molecule has 0 bridgehead atoms. The molecule has 92 valence electrons. The second-order valence-corrected chi connectivity index (χ2v) is 5.76. The molecule has 0 spiro atoms. The lowest BCUT2D eigenvalue weighted by atomic mass is 10.0. The van der Waals surface area contributed by atoms with Gasteiger partial charge in [-0.1, -0.05) is 5.57 Å². The van der Waals surface area contributed by atoms with Crippen molar-refractivity contribution in [2.45, 2.75) is 26.7 Å². The van der Waals surface area contributed by atoms with Crippen molar-refractivity contribution in [3.05, 3.63) is 40.0 Å². The van der Waals surface area contributed by atoms with Crippen LogP contribution in [0.4, 0.5) is 4.39 Å². The van der Waals surface area contributed by atoms with Crippen LogP contribution in [0, 0.1) is 5.82 Å². The second kappa shape index (κ2) is 4.32. The summed E-state index contributed by atoms with van der Waals surface area (Å²) in [6.45, 7) is 4.33. The number of fused-ring (bicyclic) bond motifs is 1. The third-order valence-corrected chi connectivity index (χ3v) is 4.65. The monoisotopic (exact) mass is 259 g/mol. The number of hydrogen-bond acceptors (Lipinski definition) is 2. The van der Waals surface area contributed by atoms with Crippen molar-refractivity contribution in [1.82, 2.24) is 4.98 Å². The van der Waals surface area contributed by atoms with E-state index in [1.165, 1.54) is 27.8 Å². The molecule has 0 N–H and O–H groups in total. The zero-order valence-corrected chi connectivity index (χ0v) is 11.3. The lowest BCUT2D eigenvalue weighted by molar-refractivity contribution is 0.628. The first-order valence-electron chi connectivity index (χ1n) is 6.07. The molecule has 0 saturated heterocycles. The van der Waals surface area contributed by atoms with Gasteiger partial charge < -0.3 is 0 Å². The molecule has 1 aromatic carbocycles. The van der Waals surface area contributed by atoms with Crippen molar-refractivity contribution in [1.29, 1.82) is 0 Å². The lowest BCUT2D eigenvalue weighted by Crippen LogP contribution is -2.28. The summed E-state index contributed by atoms with van der Waals surface area (Å²) in [6.07, 6.45) is 2.23. The van der Waals surface area contributed by atoms with Crippen LogP contribution in [0.5, 0.6) is 0 Å². The predicted octanol–water partition coefficient (Wildman–Crippen LogP) is 3.08. The molecule has 0 saturated carbocycles. The standard InChI is InChI=1S/C15H14FNS/c1-9-3-4-10(2)14-13(9)17-15(18-14)11-5-7-12(16)8-6-11/h5-8H,3-4H2,1-2H3. The molecule has 0 amide bonds. The molecule has 0 unspecified atom stereocenters. The number of nitrogens with zero attached hydrogens (tertiary/aromatic N) is 1. The quantitative estimate of drug-likeness (QED) is 0.767. The summed E-state index contributed by atoms with van der Waals surface area (Å²) in [4.78, 5) is 4.72. The number of benzene rings is 1. The van der Waals surface area contributed by atoms with Crippen molar-refractivity contribution >= 4 is 22.5 Å². The average molecular weight is 259 g/mol. The Balaban J connectivity index is 2.23. The number of halogens is 1. The van der Waals surface area contributed by atoms with E-state index in [4.69, 9.17) is 4.98 Å². The Morgan fingerprint density at radius 3 is 2.39 bits per heavy atom. The van der Waals surface area contributed by atoms with Gasteiger partial charge in [0.1, 0.15) is 10.8 Å². The number of thiazole rings is 1. The fourth-order valence-electron chi connectivity index (χ4n) is 2.22. The molecule has 0 radical (unpaired) electrons. The van der Waals surface area contributed by atoms with Crippen LogP contribution in [-0.2, 0) is 0 Å². The molecule has 18 heavy (non-hydrogen) atoms.